The summed E-state index contributed by atoms with van der Waals surface area (Å²) in [6, 6.07) is 5.50. The van der Waals surface area contributed by atoms with E-state index in [1.54, 1.807) is 28.3 Å². The second-order valence-electron chi connectivity index (χ2n) is 7.84. The lowest BCUT2D eigenvalue weighted by Gasteiger charge is -2.32. The zero-order chi connectivity index (χ0) is 21.8. The summed E-state index contributed by atoms with van der Waals surface area (Å²) in [4.78, 5) is 27.1. The summed E-state index contributed by atoms with van der Waals surface area (Å²) in [6.07, 6.45) is 7.57. The molecule has 0 aliphatic carbocycles. The molecular formula is C21H19N9O2. The van der Waals surface area contributed by atoms with Crippen LogP contribution in [-0.2, 0) is 13.5 Å². The molecule has 5 aromatic heterocycles. The first-order valence-electron chi connectivity index (χ1n) is 10.2. The maximum Gasteiger partial charge on any atom is 0.312 e. The van der Waals surface area contributed by atoms with Crippen molar-refractivity contribution >= 4 is 11.4 Å². The number of H-pyrrole nitrogens is 1. The van der Waals surface area contributed by atoms with Gasteiger partial charge in [-0.2, -0.15) is 5.10 Å². The second kappa shape index (κ2) is 6.87. The Bertz CT molecular complexity index is 1460. The van der Waals surface area contributed by atoms with Crippen molar-refractivity contribution in [1.82, 2.24) is 44.2 Å². The minimum atomic E-state index is -0.470. The van der Waals surface area contributed by atoms with E-state index in [0.717, 1.165) is 28.2 Å². The molecule has 1 amide bonds. The molecule has 5 aromatic rings. The average Bonchev–Trinajstić information content (AvgIpc) is 3.57. The number of hydrogen-bond donors (Lipinski definition) is 1. The van der Waals surface area contributed by atoms with E-state index >= 15 is 0 Å². The Kier molecular flexibility index (Phi) is 3.97. The molecular weight excluding hydrogens is 410 g/mol. The first kappa shape index (κ1) is 18.5. The maximum atomic E-state index is 13.5. The number of imidazole rings is 2. The molecule has 0 unspecified atom stereocenters. The van der Waals surface area contributed by atoms with Crippen molar-refractivity contribution < 1.29 is 9.21 Å². The highest BCUT2D eigenvalue weighted by molar-refractivity contribution is 5.90. The standard InChI is InChI=1S/C21H19N9O2/c1-12-4-3-6-30-16(12)8-14(27-30)18-17-13(22-10-23-17)5-7-29(18)21(31)20-26-25-19(32-20)15-9-28(2)11-24-15/h3-4,6,8-11,18H,5,7H2,1-2H3,(H,22,23)/t18-/m1/s1. The van der Waals surface area contributed by atoms with Crippen LogP contribution in [0.1, 0.15) is 39.4 Å². The molecule has 1 atom stereocenters. The highest BCUT2D eigenvalue weighted by atomic mass is 16.4. The van der Waals surface area contributed by atoms with Crippen molar-refractivity contribution in [2.24, 2.45) is 7.05 Å². The van der Waals surface area contributed by atoms with Crippen LogP contribution in [0, 0.1) is 6.92 Å². The molecule has 11 nitrogen and oxygen atoms in total. The van der Waals surface area contributed by atoms with E-state index in [2.05, 4.69) is 25.1 Å². The molecule has 1 N–H and O–H groups in total. The molecule has 6 heterocycles. The zero-order valence-corrected chi connectivity index (χ0v) is 17.4. The fourth-order valence-electron chi connectivity index (χ4n) is 4.16. The van der Waals surface area contributed by atoms with E-state index in [1.807, 2.05) is 42.9 Å². The number of nitrogens with zero attached hydrogens (tertiary/aromatic N) is 8. The third kappa shape index (κ3) is 2.82. The van der Waals surface area contributed by atoms with Crippen LogP contribution in [0.5, 0.6) is 0 Å². The number of hydrogen-bond acceptors (Lipinski definition) is 7. The highest BCUT2D eigenvalue weighted by Gasteiger charge is 2.38. The van der Waals surface area contributed by atoms with Gasteiger partial charge >= 0.3 is 11.8 Å². The molecule has 0 saturated heterocycles. The average molecular weight is 429 g/mol. The van der Waals surface area contributed by atoms with Crippen LogP contribution in [0.3, 0.4) is 0 Å². The molecule has 0 saturated carbocycles. The van der Waals surface area contributed by atoms with Gasteiger partial charge in [0.15, 0.2) is 0 Å². The Balaban J connectivity index is 1.41. The Morgan fingerprint density at radius 1 is 1.28 bits per heavy atom. The fraction of sp³-hybridized carbons (Fsp3) is 0.238. The number of carbonyl (C=O) groups excluding carboxylic acids is 1. The summed E-state index contributed by atoms with van der Waals surface area (Å²) in [5, 5.41) is 12.8. The number of aryl methyl sites for hydroxylation is 2. The molecule has 0 bridgehead atoms. The van der Waals surface area contributed by atoms with Crippen molar-refractivity contribution in [2.75, 3.05) is 6.54 Å². The van der Waals surface area contributed by atoms with Gasteiger partial charge in [0, 0.05) is 38.1 Å². The number of fused-ring (bicyclic) bond motifs is 2. The van der Waals surface area contributed by atoms with Crippen LogP contribution < -0.4 is 0 Å². The Morgan fingerprint density at radius 2 is 2.19 bits per heavy atom. The van der Waals surface area contributed by atoms with E-state index in [-0.39, 0.29) is 17.7 Å². The van der Waals surface area contributed by atoms with Crippen molar-refractivity contribution in [1.29, 1.82) is 0 Å². The lowest BCUT2D eigenvalue weighted by molar-refractivity contribution is 0.0646. The van der Waals surface area contributed by atoms with Gasteiger partial charge in [0.25, 0.3) is 5.89 Å². The fourth-order valence-corrected chi connectivity index (χ4v) is 4.16. The van der Waals surface area contributed by atoms with Crippen LogP contribution in [0.4, 0.5) is 0 Å². The van der Waals surface area contributed by atoms with Crippen molar-refractivity contribution in [3.8, 4) is 11.6 Å². The van der Waals surface area contributed by atoms with Crippen LogP contribution >= 0.6 is 0 Å². The number of amides is 1. The molecule has 0 fully saturated rings. The normalized spacial score (nSPS) is 15.9. The van der Waals surface area contributed by atoms with Crippen LogP contribution in [0.15, 0.2) is 47.7 Å². The largest absolute Gasteiger partial charge is 0.411 e. The summed E-state index contributed by atoms with van der Waals surface area (Å²) in [5.41, 5.74) is 5.08. The van der Waals surface area contributed by atoms with Crippen molar-refractivity contribution in [3.05, 3.63) is 71.8 Å². The first-order valence-corrected chi connectivity index (χ1v) is 10.2. The van der Waals surface area contributed by atoms with E-state index < -0.39 is 6.04 Å². The first-order chi connectivity index (χ1) is 15.6. The SMILES string of the molecule is Cc1cccn2nc([C@@H]3c4nc[nH]c4CCN3C(=O)c3nnc(-c4cn(C)cn4)o3)cc12. The summed E-state index contributed by atoms with van der Waals surface area (Å²) in [7, 11) is 1.84. The molecule has 6 rings (SSSR count). The van der Waals surface area contributed by atoms with Gasteiger partial charge < -0.3 is 18.9 Å². The van der Waals surface area contributed by atoms with E-state index in [0.29, 0.717) is 18.7 Å². The number of pyridine rings is 1. The van der Waals surface area contributed by atoms with Gasteiger partial charge in [-0.15, -0.1) is 10.2 Å². The minimum absolute atomic E-state index is 0.0883. The van der Waals surface area contributed by atoms with E-state index in [1.165, 1.54) is 0 Å². The molecule has 1 aliphatic rings. The lowest BCUT2D eigenvalue weighted by atomic mass is 9.99. The molecule has 0 aromatic carbocycles. The van der Waals surface area contributed by atoms with E-state index in [4.69, 9.17) is 9.52 Å². The van der Waals surface area contributed by atoms with Gasteiger partial charge in [0.05, 0.1) is 29.6 Å². The Morgan fingerprint density at radius 3 is 3.00 bits per heavy atom. The van der Waals surface area contributed by atoms with Gasteiger partial charge in [0.1, 0.15) is 11.7 Å². The van der Waals surface area contributed by atoms with Crippen molar-refractivity contribution in [3.63, 3.8) is 0 Å². The third-order valence-corrected chi connectivity index (χ3v) is 5.73. The van der Waals surface area contributed by atoms with Crippen LogP contribution in [-0.4, -0.2) is 56.7 Å². The summed E-state index contributed by atoms with van der Waals surface area (Å²) in [6.45, 7) is 2.50. The van der Waals surface area contributed by atoms with Gasteiger partial charge in [-0.05, 0) is 24.6 Å². The van der Waals surface area contributed by atoms with E-state index in [9.17, 15) is 4.79 Å². The maximum absolute atomic E-state index is 13.5. The number of rotatable bonds is 3. The summed E-state index contributed by atoms with van der Waals surface area (Å²) >= 11 is 0. The topological polar surface area (TPSA) is 123 Å². The Hall–Kier alpha value is -4.28. The van der Waals surface area contributed by atoms with Gasteiger partial charge in [-0.25, -0.2) is 14.5 Å². The second-order valence-corrected chi connectivity index (χ2v) is 7.84. The smallest absolute Gasteiger partial charge is 0.312 e. The van der Waals surface area contributed by atoms with Gasteiger partial charge in [-0.3, -0.25) is 4.79 Å². The highest BCUT2D eigenvalue weighted by Crippen LogP contribution is 2.34. The Labute approximate surface area is 181 Å². The molecule has 11 heteroatoms. The minimum Gasteiger partial charge on any atom is -0.411 e. The molecule has 32 heavy (non-hydrogen) atoms. The quantitative estimate of drug-likeness (QED) is 0.465. The zero-order valence-electron chi connectivity index (χ0n) is 17.4. The number of carbonyl (C=O) groups is 1. The number of nitrogens with one attached hydrogen (secondary N) is 1. The summed E-state index contributed by atoms with van der Waals surface area (Å²) in [5.74, 6) is -0.256. The third-order valence-electron chi connectivity index (χ3n) is 5.73. The van der Waals surface area contributed by atoms with Crippen LogP contribution in [0.2, 0.25) is 0 Å². The molecule has 160 valence electrons. The lowest BCUT2D eigenvalue weighted by Crippen LogP contribution is -2.41. The molecule has 1 aliphatic heterocycles. The number of aromatic amines is 1. The molecule has 0 radical (unpaired) electrons. The van der Waals surface area contributed by atoms with Crippen molar-refractivity contribution in [2.45, 2.75) is 19.4 Å². The predicted molar refractivity (Wildman–Crippen MR) is 112 cm³/mol. The monoisotopic (exact) mass is 429 g/mol. The molecule has 0 spiro atoms. The summed E-state index contributed by atoms with van der Waals surface area (Å²) < 4.78 is 9.28. The number of aromatic nitrogens is 8. The van der Waals surface area contributed by atoms with Crippen LogP contribution in [0.25, 0.3) is 17.1 Å². The van der Waals surface area contributed by atoms with Gasteiger partial charge in [-0.1, -0.05) is 6.07 Å². The predicted octanol–water partition coefficient (Wildman–Crippen LogP) is 1.94. The van der Waals surface area contributed by atoms with Gasteiger partial charge in [0.2, 0.25) is 0 Å².